The van der Waals surface area contributed by atoms with E-state index in [1.807, 2.05) is 6.92 Å². The number of piperidine rings is 1. The van der Waals surface area contributed by atoms with Gasteiger partial charge in [-0.2, -0.15) is 0 Å². The second kappa shape index (κ2) is 7.29. The number of aromatic nitrogens is 6. The fourth-order valence-corrected chi connectivity index (χ4v) is 5.23. The molecule has 4 aromatic heterocycles. The number of hydrogen-bond donors (Lipinski definition) is 3. The van der Waals surface area contributed by atoms with Crippen LogP contribution in [0.5, 0.6) is 11.6 Å². The van der Waals surface area contributed by atoms with Crippen LogP contribution in [0.3, 0.4) is 0 Å². The van der Waals surface area contributed by atoms with Crippen molar-refractivity contribution in [3.05, 3.63) is 41.3 Å². The lowest BCUT2D eigenvalue weighted by molar-refractivity contribution is 0.409. The molecule has 5 N–H and O–H groups in total. The number of ether oxygens (including phenoxy) is 1. The molecule has 5 heterocycles. The largest absolute Gasteiger partial charge is 0.448 e. The third kappa shape index (κ3) is 3.03. The van der Waals surface area contributed by atoms with Crippen molar-refractivity contribution >= 4 is 34.4 Å². The lowest BCUT2D eigenvalue weighted by Crippen LogP contribution is -2.32. The summed E-state index contributed by atoms with van der Waals surface area (Å²) < 4.78 is 11.6. The molecule has 1 aliphatic carbocycles. The summed E-state index contributed by atoms with van der Waals surface area (Å²) in [6.45, 7) is 4.11. The molecule has 6 rings (SSSR count). The third-order valence-electron chi connectivity index (χ3n) is 6.82. The number of H-pyrrole nitrogens is 1. The van der Waals surface area contributed by atoms with Gasteiger partial charge in [0.25, 0.3) is 5.88 Å². The molecule has 33 heavy (non-hydrogen) atoms. The molecule has 0 spiro atoms. The first kappa shape index (κ1) is 20.2. The van der Waals surface area contributed by atoms with Crippen LogP contribution in [-0.4, -0.2) is 49.8 Å². The van der Waals surface area contributed by atoms with E-state index in [9.17, 15) is 0 Å². The number of aryl methyl sites for hydroxylation is 1. The number of aromatic amines is 1. The van der Waals surface area contributed by atoms with Crippen molar-refractivity contribution in [3.8, 4) is 11.6 Å². The van der Waals surface area contributed by atoms with Crippen LogP contribution in [0.2, 0.25) is 5.02 Å². The number of nitrogens with one attached hydrogen (secondary N) is 1. The molecule has 1 saturated carbocycles. The molecule has 12 heteroatoms. The SMILES string of the molecule is Cc1coc(C2(CN)C3CCN(c4cnc5c(Oc6ccnc(N)c6Cl)n[nH]c5n4)CC32)n1. The summed E-state index contributed by atoms with van der Waals surface area (Å²) >= 11 is 6.17. The maximum atomic E-state index is 6.22. The van der Waals surface area contributed by atoms with E-state index in [0.717, 1.165) is 36.9 Å². The van der Waals surface area contributed by atoms with Gasteiger partial charge in [0, 0.05) is 31.9 Å². The zero-order chi connectivity index (χ0) is 22.7. The number of hydrogen-bond acceptors (Lipinski definition) is 10. The Bertz CT molecular complexity index is 1350. The molecule has 11 nitrogen and oxygen atoms in total. The molecule has 1 aliphatic heterocycles. The molecule has 1 saturated heterocycles. The van der Waals surface area contributed by atoms with E-state index in [0.29, 0.717) is 35.3 Å². The topological polar surface area (TPSA) is 158 Å². The maximum absolute atomic E-state index is 6.22. The highest BCUT2D eigenvalue weighted by Gasteiger charge is 2.68. The van der Waals surface area contributed by atoms with Gasteiger partial charge in [-0.25, -0.2) is 19.9 Å². The Hall–Kier alpha value is -3.44. The Morgan fingerprint density at radius 3 is 3.00 bits per heavy atom. The van der Waals surface area contributed by atoms with E-state index >= 15 is 0 Å². The predicted octanol–water partition coefficient (Wildman–Crippen LogP) is 2.43. The molecule has 0 aromatic carbocycles. The first-order valence-corrected chi connectivity index (χ1v) is 11.1. The summed E-state index contributed by atoms with van der Waals surface area (Å²) in [5.41, 5.74) is 13.7. The van der Waals surface area contributed by atoms with E-state index in [4.69, 9.17) is 37.2 Å². The van der Waals surface area contributed by atoms with Crippen LogP contribution in [-0.2, 0) is 5.41 Å². The average Bonchev–Trinajstić information content (AvgIpc) is 3.06. The monoisotopic (exact) mass is 467 g/mol. The van der Waals surface area contributed by atoms with Crippen LogP contribution in [0.4, 0.5) is 11.6 Å². The maximum Gasteiger partial charge on any atom is 0.266 e. The molecule has 0 radical (unpaired) electrons. The van der Waals surface area contributed by atoms with Gasteiger partial charge in [-0.3, -0.25) is 5.10 Å². The van der Waals surface area contributed by atoms with Crippen molar-refractivity contribution in [1.82, 2.24) is 30.1 Å². The number of anilines is 2. The van der Waals surface area contributed by atoms with Crippen LogP contribution in [0.25, 0.3) is 11.2 Å². The van der Waals surface area contributed by atoms with Crippen LogP contribution >= 0.6 is 11.6 Å². The second-order valence-corrected chi connectivity index (χ2v) is 8.93. The van der Waals surface area contributed by atoms with Gasteiger partial charge in [-0.15, -0.1) is 5.10 Å². The number of oxazole rings is 1. The zero-order valence-electron chi connectivity index (χ0n) is 17.8. The van der Waals surface area contributed by atoms with E-state index in [1.54, 1.807) is 18.5 Å². The van der Waals surface area contributed by atoms with Gasteiger partial charge in [-0.05, 0) is 25.2 Å². The molecular weight excluding hydrogens is 446 g/mol. The highest BCUT2D eigenvalue weighted by atomic mass is 35.5. The molecular formula is C21H22ClN9O2. The highest BCUT2D eigenvalue weighted by Crippen LogP contribution is 2.62. The van der Waals surface area contributed by atoms with Crippen molar-refractivity contribution in [2.45, 2.75) is 18.8 Å². The number of halogens is 1. The summed E-state index contributed by atoms with van der Waals surface area (Å²) in [4.78, 5) is 20.0. The molecule has 0 bridgehead atoms. The van der Waals surface area contributed by atoms with E-state index in [-0.39, 0.29) is 22.1 Å². The van der Waals surface area contributed by atoms with Crippen LogP contribution < -0.4 is 21.1 Å². The molecule has 0 amide bonds. The fraction of sp³-hybridized carbons (Fsp3) is 0.381. The predicted molar refractivity (Wildman–Crippen MR) is 121 cm³/mol. The summed E-state index contributed by atoms with van der Waals surface area (Å²) in [7, 11) is 0. The Morgan fingerprint density at radius 1 is 1.33 bits per heavy atom. The van der Waals surface area contributed by atoms with Gasteiger partial charge in [-0.1, -0.05) is 11.6 Å². The van der Waals surface area contributed by atoms with E-state index in [1.165, 1.54) is 6.20 Å². The Morgan fingerprint density at radius 2 is 2.21 bits per heavy atom. The lowest BCUT2D eigenvalue weighted by atomic mass is 10.0. The normalized spacial score (nSPS) is 24.2. The molecule has 2 aliphatic rings. The number of rotatable bonds is 5. The Kier molecular flexibility index (Phi) is 4.46. The molecule has 3 unspecified atom stereocenters. The molecule has 170 valence electrons. The smallest absolute Gasteiger partial charge is 0.266 e. The summed E-state index contributed by atoms with van der Waals surface area (Å²) in [6, 6.07) is 1.61. The summed E-state index contributed by atoms with van der Waals surface area (Å²) in [5, 5.41) is 7.31. The second-order valence-electron chi connectivity index (χ2n) is 8.55. The quantitative estimate of drug-likeness (QED) is 0.398. The van der Waals surface area contributed by atoms with E-state index in [2.05, 4.69) is 30.0 Å². The Balaban J connectivity index is 1.24. The van der Waals surface area contributed by atoms with Crippen LogP contribution in [0, 0.1) is 18.8 Å². The number of pyridine rings is 1. The van der Waals surface area contributed by atoms with Gasteiger partial charge < -0.3 is 25.5 Å². The number of nitrogens with two attached hydrogens (primary N) is 2. The number of fused-ring (bicyclic) bond motifs is 2. The first-order valence-electron chi connectivity index (χ1n) is 10.7. The van der Waals surface area contributed by atoms with Crippen molar-refractivity contribution in [2.75, 3.05) is 30.3 Å². The average molecular weight is 468 g/mol. The third-order valence-corrected chi connectivity index (χ3v) is 7.20. The first-order chi connectivity index (χ1) is 16.0. The van der Waals surface area contributed by atoms with Crippen molar-refractivity contribution in [1.29, 1.82) is 0 Å². The fourth-order valence-electron chi connectivity index (χ4n) is 5.08. The van der Waals surface area contributed by atoms with Crippen molar-refractivity contribution in [2.24, 2.45) is 17.6 Å². The van der Waals surface area contributed by atoms with Crippen LogP contribution in [0.15, 0.2) is 29.1 Å². The summed E-state index contributed by atoms with van der Waals surface area (Å²) in [5.74, 6) is 3.15. The molecule has 4 aromatic rings. The van der Waals surface area contributed by atoms with Crippen molar-refractivity contribution < 1.29 is 9.15 Å². The summed E-state index contributed by atoms with van der Waals surface area (Å²) in [6.07, 6.45) is 5.93. The minimum absolute atomic E-state index is 0.180. The molecule has 2 fully saturated rings. The van der Waals surface area contributed by atoms with Gasteiger partial charge in [0.1, 0.15) is 22.9 Å². The van der Waals surface area contributed by atoms with Gasteiger partial charge in [0.2, 0.25) is 5.89 Å². The van der Waals surface area contributed by atoms with Gasteiger partial charge in [0.15, 0.2) is 16.9 Å². The Labute approximate surface area is 193 Å². The number of nitrogen functional groups attached to an aromatic ring is 1. The molecule has 3 atom stereocenters. The standard InChI is InChI=1S/C21H22ClN9O2/c1-10-8-32-20(27-10)21(9-23)11-3-5-31(7-12(11)21)14-6-26-16-18(28-14)29-30-19(16)33-13-2-4-25-17(24)15(13)22/h2,4,6,8,11-12H,3,5,7,9,23H2,1H3,(H2,24,25)(H,28,29,30). The van der Waals surface area contributed by atoms with Crippen molar-refractivity contribution in [3.63, 3.8) is 0 Å². The minimum atomic E-state index is -0.193. The van der Waals surface area contributed by atoms with Gasteiger partial charge >= 0.3 is 0 Å². The number of nitrogens with zero attached hydrogens (tertiary/aromatic N) is 6. The highest BCUT2D eigenvalue weighted by molar-refractivity contribution is 6.34. The minimum Gasteiger partial charge on any atom is -0.448 e. The van der Waals surface area contributed by atoms with Crippen LogP contribution in [0.1, 0.15) is 18.0 Å². The zero-order valence-corrected chi connectivity index (χ0v) is 18.6. The van der Waals surface area contributed by atoms with E-state index < -0.39 is 0 Å². The lowest BCUT2D eigenvalue weighted by Gasteiger charge is -2.26. The van der Waals surface area contributed by atoms with Gasteiger partial charge in [0.05, 0.1) is 17.3 Å².